The fourth-order valence-electron chi connectivity index (χ4n) is 2.24. The Labute approximate surface area is 99.2 Å². The van der Waals surface area contributed by atoms with Crippen LogP contribution in [0.15, 0.2) is 0 Å². The molecule has 6 heteroatoms. The smallest absolute Gasteiger partial charge is 0.269 e. The number of carbonyl (C=O) groups excluding carboxylic acids is 1. The van der Waals surface area contributed by atoms with Crippen LogP contribution in [0.2, 0.25) is 0 Å². The predicted molar refractivity (Wildman–Crippen MR) is 61.5 cm³/mol. The van der Waals surface area contributed by atoms with E-state index >= 15 is 0 Å². The average molecular weight is 240 g/mol. The molecule has 0 radical (unpaired) electrons. The number of halogens is 1. The van der Waals surface area contributed by atoms with Gasteiger partial charge in [0.2, 0.25) is 0 Å². The molecule has 17 heavy (non-hydrogen) atoms. The Kier molecular flexibility index (Phi) is 2.91. The van der Waals surface area contributed by atoms with Gasteiger partial charge in [-0.3, -0.25) is 9.48 Å². The molecule has 3 N–H and O–H groups in total. The first kappa shape index (κ1) is 12.0. The standard InChI is InChI=1S/C11H17FN4O/c1-7-8(5-11(12)3-4-14-6-11)9(10(13)17)15-16(7)2/h14H,3-6H2,1-2H3,(H2,13,17)/t11-/m1/s1. The van der Waals surface area contributed by atoms with Crippen LogP contribution in [0.1, 0.15) is 28.2 Å². The molecule has 2 heterocycles. The molecule has 0 saturated carbocycles. The highest BCUT2D eigenvalue weighted by molar-refractivity contribution is 5.92. The second-order valence-corrected chi connectivity index (χ2v) is 4.65. The number of nitrogens with two attached hydrogens (primary N) is 1. The first-order valence-electron chi connectivity index (χ1n) is 5.65. The highest BCUT2D eigenvalue weighted by Crippen LogP contribution is 2.27. The first-order chi connectivity index (χ1) is 7.93. The molecular weight excluding hydrogens is 223 g/mol. The summed E-state index contributed by atoms with van der Waals surface area (Å²) in [5, 5.41) is 7.03. The molecule has 0 bridgehead atoms. The second kappa shape index (κ2) is 4.10. The molecule has 1 aromatic rings. The molecular formula is C11H17FN4O. The molecule has 5 nitrogen and oxygen atoms in total. The van der Waals surface area contributed by atoms with Gasteiger partial charge in [-0.25, -0.2) is 4.39 Å². The van der Waals surface area contributed by atoms with Gasteiger partial charge in [0.05, 0.1) is 0 Å². The minimum atomic E-state index is -1.29. The van der Waals surface area contributed by atoms with E-state index in [-0.39, 0.29) is 12.1 Å². The lowest BCUT2D eigenvalue weighted by molar-refractivity contribution is 0.0993. The summed E-state index contributed by atoms with van der Waals surface area (Å²) < 4.78 is 15.9. The van der Waals surface area contributed by atoms with Gasteiger partial charge < -0.3 is 11.1 Å². The number of aromatic nitrogens is 2. The zero-order valence-electron chi connectivity index (χ0n) is 10.1. The SMILES string of the molecule is Cc1c(C[C@]2(F)CCNC2)c(C(N)=O)nn1C. The molecule has 0 aliphatic carbocycles. The van der Waals surface area contributed by atoms with E-state index in [9.17, 15) is 9.18 Å². The number of primary amides is 1. The molecule has 1 fully saturated rings. The summed E-state index contributed by atoms with van der Waals surface area (Å²) in [5.74, 6) is -0.599. The van der Waals surface area contributed by atoms with Gasteiger partial charge in [0.1, 0.15) is 5.67 Å². The molecule has 94 valence electrons. The molecule has 0 aromatic carbocycles. The molecule has 1 amide bonds. The molecule has 1 aliphatic rings. The van der Waals surface area contributed by atoms with Crippen LogP contribution in [0.3, 0.4) is 0 Å². The van der Waals surface area contributed by atoms with Crippen LogP contribution in [0.4, 0.5) is 4.39 Å². The Morgan fingerprint density at radius 2 is 2.41 bits per heavy atom. The van der Waals surface area contributed by atoms with Gasteiger partial charge in [-0.2, -0.15) is 5.10 Å². The fraction of sp³-hybridized carbons (Fsp3) is 0.636. The van der Waals surface area contributed by atoms with Crippen molar-refractivity contribution in [3.8, 4) is 0 Å². The summed E-state index contributed by atoms with van der Waals surface area (Å²) in [5.41, 5.74) is 5.58. The second-order valence-electron chi connectivity index (χ2n) is 4.65. The summed E-state index contributed by atoms with van der Waals surface area (Å²) in [7, 11) is 1.73. The van der Waals surface area contributed by atoms with Crippen LogP contribution in [0.5, 0.6) is 0 Å². The molecule has 1 aromatic heterocycles. The summed E-state index contributed by atoms with van der Waals surface area (Å²) in [6, 6.07) is 0. The van der Waals surface area contributed by atoms with E-state index in [1.54, 1.807) is 11.7 Å². The fourth-order valence-corrected chi connectivity index (χ4v) is 2.24. The van der Waals surface area contributed by atoms with E-state index < -0.39 is 11.6 Å². The lowest BCUT2D eigenvalue weighted by atomic mass is 9.94. The monoisotopic (exact) mass is 240 g/mol. The minimum absolute atomic E-state index is 0.189. The van der Waals surface area contributed by atoms with Crippen molar-refractivity contribution in [1.29, 1.82) is 0 Å². The molecule has 0 unspecified atom stereocenters. The van der Waals surface area contributed by atoms with Crippen LogP contribution in [-0.4, -0.2) is 34.4 Å². The number of amides is 1. The summed E-state index contributed by atoms with van der Waals surface area (Å²) in [4.78, 5) is 11.3. The summed E-state index contributed by atoms with van der Waals surface area (Å²) in [6.07, 6.45) is 0.650. The van der Waals surface area contributed by atoms with Gasteiger partial charge in [-0.1, -0.05) is 0 Å². The summed E-state index contributed by atoms with van der Waals surface area (Å²) in [6.45, 7) is 2.81. The number of hydrogen-bond donors (Lipinski definition) is 2. The minimum Gasteiger partial charge on any atom is -0.364 e. The maximum Gasteiger partial charge on any atom is 0.269 e. The maximum absolute atomic E-state index is 14.4. The summed E-state index contributed by atoms with van der Waals surface area (Å²) >= 11 is 0. The third-order valence-electron chi connectivity index (χ3n) is 3.38. The molecule has 1 atom stereocenters. The van der Waals surface area contributed by atoms with Crippen LogP contribution < -0.4 is 11.1 Å². The van der Waals surface area contributed by atoms with Gasteiger partial charge in [0, 0.05) is 31.3 Å². The van der Waals surface area contributed by atoms with E-state index in [1.807, 2.05) is 6.92 Å². The van der Waals surface area contributed by atoms with Crippen LogP contribution in [0.25, 0.3) is 0 Å². The zero-order valence-corrected chi connectivity index (χ0v) is 10.1. The number of nitrogens with one attached hydrogen (secondary N) is 1. The largest absolute Gasteiger partial charge is 0.364 e. The van der Waals surface area contributed by atoms with Crippen molar-refractivity contribution in [2.45, 2.75) is 25.4 Å². The number of rotatable bonds is 3. The number of carbonyl (C=O) groups is 1. The molecule has 1 saturated heterocycles. The topological polar surface area (TPSA) is 72.9 Å². The maximum atomic E-state index is 14.4. The molecule has 2 rings (SSSR count). The van der Waals surface area contributed by atoms with Crippen LogP contribution >= 0.6 is 0 Å². The number of aryl methyl sites for hydroxylation is 1. The predicted octanol–water partition coefficient (Wildman–Crippen LogP) is 0.0715. The third kappa shape index (κ3) is 2.17. The van der Waals surface area contributed by atoms with E-state index in [0.29, 0.717) is 25.1 Å². The Morgan fingerprint density at radius 1 is 1.71 bits per heavy atom. The van der Waals surface area contributed by atoms with Crippen molar-refractivity contribution < 1.29 is 9.18 Å². The highest BCUT2D eigenvalue weighted by Gasteiger charge is 2.36. The Morgan fingerprint density at radius 3 is 2.94 bits per heavy atom. The van der Waals surface area contributed by atoms with Gasteiger partial charge >= 0.3 is 0 Å². The Balaban J connectivity index is 2.34. The Hall–Kier alpha value is -1.43. The van der Waals surface area contributed by atoms with Crippen molar-refractivity contribution in [3.63, 3.8) is 0 Å². The lowest BCUT2D eigenvalue weighted by Gasteiger charge is -2.18. The number of alkyl halides is 1. The number of nitrogens with zero attached hydrogens (tertiary/aromatic N) is 2. The third-order valence-corrected chi connectivity index (χ3v) is 3.38. The van der Waals surface area contributed by atoms with Gasteiger partial charge in [0.25, 0.3) is 5.91 Å². The highest BCUT2D eigenvalue weighted by atomic mass is 19.1. The van der Waals surface area contributed by atoms with Crippen molar-refractivity contribution in [3.05, 3.63) is 17.0 Å². The number of hydrogen-bond acceptors (Lipinski definition) is 3. The van der Waals surface area contributed by atoms with Gasteiger partial charge in [0.15, 0.2) is 5.69 Å². The van der Waals surface area contributed by atoms with E-state index in [1.165, 1.54) is 0 Å². The van der Waals surface area contributed by atoms with Gasteiger partial charge in [-0.15, -0.1) is 0 Å². The van der Waals surface area contributed by atoms with Crippen molar-refractivity contribution in [1.82, 2.24) is 15.1 Å². The van der Waals surface area contributed by atoms with E-state index in [0.717, 1.165) is 5.69 Å². The normalized spacial score (nSPS) is 24.2. The Bertz CT molecular complexity index is 449. The van der Waals surface area contributed by atoms with E-state index in [4.69, 9.17) is 5.73 Å². The molecule has 0 spiro atoms. The van der Waals surface area contributed by atoms with Crippen LogP contribution in [0, 0.1) is 6.92 Å². The lowest BCUT2D eigenvalue weighted by Crippen LogP contribution is -2.30. The van der Waals surface area contributed by atoms with E-state index in [2.05, 4.69) is 10.4 Å². The quantitative estimate of drug-likeness (QED) is 0.785. The van der Waals surface area contributed by atoms with Crippen molar-refractivity contribution >= 4 is 5.91 Å². The average Bonchev–Trinajstić information content (AvgIpc) is 2.78. The molecule has 1 aliphatic heterocycles. The zero-order chi connectivity index (χ0) is 12.6. The first-order valence-corrected chi connectivity index (χ1v) is 5.65. The van der Waals surface area contributed by atoms with Crippen molar-refractivity contribution in [2.75, 3.05) is 13.1 Å². The van der Waals surface area contributed by atoms with Gasteiger partial charge in [-0.05, 0) is 19.9 Å². The van der Waals surface area contributed by atoms with Crippen molar-refractivity contribution in [2.24, 2.45) is 12.8 Å². The van der Waals surface area contributed by atoms with Crippen LogP contribution in [-0.2, 0) is 13.5 Å².